The highest BCUT2D eigenvalue weighted by Gasteiger charge is 2.25. The van der Waals surface area contributed by atoms with Gasteiger partial charge >= 0.3 is 0 Å². The first-order chi connectivity index (χ1) is 13.5. The number of hydrogen-bond acceptors (Lipinski definition) is 4. The first-order valence-electron chi connectivity index (χ1n) is 9.27. The fourth-order valence-electron chi connectivity index (χ4n) is 3.37. The average Bonchev–Trinajstić information content (AvgIpc) is 2.71. The Bertz CT molecular complexity index is 806. The monoisotopic (exact) mass is 421 g/mol. The second-order valence-corrected chi connectivity index (χ2v) is 7.81. The number of nitrogens with zero attached hydrogens (tertiary/aromatic N) is 2. The molecule has 1 fully saturated rings. The van der Waals surface area contributed by atoms with Gasteiger partial charge in [-0.1, -0.05) is 35.3 Å². The van der Waals surface area contributed by atoms with Crippen molar-refractivity contribution in [2.24, 2.45) is 0 Å². The lowest BCUT2D eigenvalue weighted by atomic mass is 10.0. The standard InChI is InChI=1S/C21H25Cl2N3O2/c1-25-9-11-26(12-10-25)20(15-3-6-17(28-2)7-4-15)14-24-21(27)18-13-16(22)5-8-19(18)23/h3-8,13,20H,9-12,14H2,1-2H3,(H,24,27). The number of carbonyl (C=O) groups is 1. The molecule has 0 aromatic heterocycles. The molecular formula is C21H25Cl2N3O2. The van der Waals surface area contributed by atoms with E-state index in [-0.39, 0.29) is 11.9 Å². The molecule has 2 aromatic rings. The van der Waals surface area contributed by atoms with Gasteiger partial charge in [0.25, 0.3) is 5.91 Å². The molecule has 150 valence electrons. The molecule has 1 unspecified atom stereocenters. The smallest absolute Gasteiger partial charge is 0.252 e. The number of rotatable bonds is 6. The lowest BCUT2D eigenvalue weighted by molar-refractivity contribution is 0.0886. The summed E-state index contributed by atoms with van der Waals surface area (Å²) in [7, 11) is 3.78. The number of amides is 1. The van der Waals surface area contributed by atoms with E-state index in [2.05, 4.69) is 34.3 Å². The summed E-state index contributed by atoms with van der Waals surface area (Å²) < 4.78 is 5.27. The zero-order valence-corrected chi connectivity index (χ0v) is 17.6. The van der Waals surface area contributed by atoms with Gasteiger partial charge in [-0.3, -0.25) is 9.69 Å². The third-order valence-corrected chi connectivity index (χ3v) is 5.67. The largest absolute Gasteiger partial charge is 0.497 e. The molecule has 0 spiro atoms. The quantitative estimate of drug-likeness (QED) is 0.771. The van der Waals surface area contributed by atoms with E-state index >= 15 is 0 Å². The Balaban J connectivity index is 1.76. The van der Waals surface area contributed by atoms with Gasteiger partial charge in [0.2, 0.25) is 0 Å². The van der Waals surface area contributed by atoms with Crippen LogP contribution in [0.25, 0.3) is 0 Å². The molecular weight excluding hydrogens is 397 g/mol. The Labute approximate surface area is 176 Å². The molecule has 0 radical (unpaired) electrons. The molecule has 1 amide bonds. The molecule has 1 atom stereocenters. The summed E-state index contributed by atoms with van der Waals surface area (Å²) in [6, 6.07) is 13.0. The summed E-state index contributed by atoms with van der Waals surface area (Å²) in [4.78, 5) is 17.4. The maximum atomic E-state index is 12.7. The van der Waals surface area contributed by atoms with E-state index in [1.807, 2.05) is 12.1 Å². The van der Waals surface area contributed by atoms with Crippen LogP contribution in [0.2, 0.25) is 10.0 Å². The summed E-state index contributed by atoms with van der Waals surface area (Å²) in [5.74, 6) is 0.593. The zero-order valence-electron chi connectivity index (χ0n) is 16.1. The number of nitrogens with one attached hydrogen (secondary N) is 1. The lowest BCUT2D eigenvalue weighted by Gasteiger charge is -2.38. The minimum Gasteiger partial charge on any atom is -0.497 e. The highest BCUT2D eigenvalue weighted by atomic mass is 35.5. The van der Waals surface area contributed by atoms with Crippen molar-refractivity contribution < 1.29 is 9.53 Å². The van der Waals surface area contributed by atoms with Crippen LogP contribution in [-0.4, -0.2) is 62.6 Å². The second-order valence-electron chi connectivity index (χ2n) is 6.96. The molecule has 0 saturated carbocycles. The van der Waals surface area contributed by atoms with Crippen LogP contribution >= 0.6 is 23.2 Å². The number of ether oxygens (including phenoxy) is 1. The van der Waals surface area contributed by atoms with Crippen molar-refractivity contribution in [3.63, 3.8) is 0 Å². The van der Waals surface area contributed by atoms with Crippen molar-refractivity contribution in [2.75, 3.05) is 46.9 Å². The Morgan fingerprint density at radius 3 is 2.43 bits per heavy atom. The van der Waals surface area contributed by atoms with Crippen molar-refractivity contribution in [1.29, 1.82) is 0 Å². The van der Waals surface area contributed by atoms with Crippen molar-refractivity contribution in [3.8, 4) is 5.75 Å². The van der Waals surface area contributed by atoms with Crippen LogP contribution in [0.15, 0.2) is 42.5 Å². The van der Waals surface area contributed by atoms with Crippen LogP contribution in [0.3, 0.4) is 0 Å². The van der Waals surface area contributed by atoms with E-state index in [1.165, 1.54) is 0 Å². The van der Waals surface area contributed by atoms with E-state index in [1.54, 1.807) is 25.3 Å². The zero-order chi connectivity index (χ0) is 20.1. The maximum absolute atomic E-state index is 12.7. The maximum Gasteiger partial charge on any atom is 0.252 e. The summed E-state index contributed by atoms with van der Waals surface area (Å²) in [5.41, 5.74) is 1.53. The highest BCUT2D eigenvalue weighted by Crippen LogP contribution is 2.25. The van der Waals surface area contributed by atoms with Gasteiger partial charge in [0, 0.05) is 37.7 Å². The van der Waals surface area contributed by atoms with Crippen molar-refractivity contribution in [1.82, 2.24) is 15.1 Å². The van der Waals surface area contributed by atoms with Crippen LogP contribution in [0.5, 0.6) is 5.75 Å². The van der Waals surface area contributed by atoms with Gasteiger partial charge in [-0.2, -0.15) is 0 Å². The highest BCUT2D eigenvalue weighted by molar-refractivity contribution is 6.35. The fraction of sp³-hybridized carbons (Fsp3) is 0.381. The first-order valence-corrected chi connectivity index (χ1v) is 10.0. The number of carbonyl (C=O) groups excluding carboxylic acids is 1. The predicted octanol–water partition coefficient (Wildman–Crippen LogP) is 3.72. The molecule has 7 heteroatoms. The first kappa shape index (κ1) is 20.9. The Hall–Kier alpha value is -1.79. The molecule has 0 bridgehead atoms. The van der Waals surface area contributed by atoms with Gasteiger partial charge in [-0.05, 0) is 42.9 Å². The number of halogens is 2. The molecule has 5 nitrogen and oxygen atoms in total. The molecule has 1 N–H and O–H groups in total. The third-order valence-electron chi connectivity index (χ3n) is 5.11. The Morgan fingerprint density at radius 2 is 1.79 bits per heavy atom. The number of piperazine rings is 1. The molecule has 3 rings (SSSR count). The summed E-state index contributed by atoms with van der Waals surface area (Å²) >= 11 is 12.2. The molecule has 28 heavy (non-hydrogen) atoms. The van der Waals surface area contributed by atoms with Gasteiger partial charge < -0.3 is 15.0 Å². The van der Waals surface area contributed by atoms with E-state index in [0.29, 0.717) is 22.2 Å². The second kappa shape index (κ2) is 9.61. The van der Waals surface area contributed by atoms with Gasteiger partial charge in [-0.25, -0.2) is 0 Å². The van der Waals surface area contributed by atoms with Crippen molar-refractivity contribution in [2.45, 2.75) is 6.04 Å². The van der Waals surface area contributed by atoms with Crippen molar-refractivity contribution in [3.05, 3.63) is 63.6 Å². The fourth-order valence-corrected chi connectivity index (χ4v) is 3.75. The van der Waals surface area contributed by atoms with Crippen molar-refractivity contribution >= 4 is 29.1 Å². The van der Waals surface area contributed by atoms with Gasteiger partial charge in [0.15, 0.2) is 0 Å². The molecule has 2 aromatic carbocycles. The summed E-state index contributed by atoms with van der Waals surface area (Å²) in [6.07, 6.45) is 0. The lowest BCUT2D eigenvalue weighted by Crippen LogP contribution is -2.48. The number of likely N-dealkylation sites (N-methyl/N-ethyl adjacent to an activating group) is 1. The van der Waals surface area contributed by atoms with Gasteiger partial charge in [-0.15, -0.1) is 0 Å². The van der Waals surface area contributed by atoms with Crippen LogP contribution in [-0.2, 0) is 0 Å². The topological polar surface area (TPSA) is 44.8 Å². The molecule has 1 aliphatic rings. The van der Waals surface area contributed by atoms with Crippen LogP contribution in [0.1, 0.15) is 22.0 Å². The van der Waals surface area contributed by atoms with Crippen LogP contribution < -0.4 is 10.1 Å². The minimum absolute atomic E-state index is 0.0708. The molecule has 1 aliphatic heterocycles. The molecule has 1 saturated heterocycles. The number of methoxy groups -OCH3 is 1. The van der Waals surface area contributed by atoms with E-state index in [4.69, 9.17) is 27.9 Å². The van der Waals surface area contributed by atoms with E-state index < -0.39 is 0 Å². The molecule has 1 heterocycles. The SMILES string of the molecule is COc1ccc(C(CNC(=O)c2cc(Cl)ccc2Cl)N2CCN(C)CC2)cc1. The third kappa shape index (κ3) is 5.17. The van der Waals surface area contributed by atoms with E-state index in [9.17, 15) is 4.79 Å². The Morgan fingerprint density at radius 1 is 1.11 bits per heavy atom. The predicted molar refractivity (Wildman–Crippen MR) is 114 cm³/mol. The van der Waals surface area contributed by atoms with Gasteiger partial charge in [0.1, 0.15) is 5.75 Å². The van der Waals surface area contributed by atoms with E-state index in [0.717, 1.165) is 37.5 Å². The van der Waals surface area contributed by atoms with Gasteiger partial charge in [0.05, 0.1) is 23.7 Å². The van der Waals surface area contributed by atoms with Crippen LogP contribution in [0.4, 0.5) is 0 Å². The average molecular weight is 422 g/mol. The Kier molecular flexibility index (Phi) is 7.18. The number of hydrogen-bond donors (Lipinski definition) is 1. The number of benzene rings is 2. The minimum atomic E-state index is -0.222. The van der Waals surface area contributed by atoms with Crippen LogP contribution in [0, 0.1) is 0 Å². The normalized spacial score (nSPS) is 16.6. The summed E-state index contributed by atoms with van der Waals surface area (Å²) in [6.45, 7) is 4.38. The molecule has 0 aliphatic carbocycles. The summed E-state index contributed by atoms with van der Waals surface area (Å²) in [5, 5.41) is 3.91.